The predicted molar refractivity (Wildman–Crippen MR) is 207 cm³/mol. The number of piperidine rings is 1. The molecule has 57 heavy (non-hydrogen) atoms. The number of likely N-dealkylation sites (tertiary alicyclic amines) is 1. The summed E-state index contributed by atoms with van der Waals surface area (Å²) in [7, 11) is 1.76. The van der Waals surface area contributed by atoms with E-state index >= 15 is 0 Å². The summed E-state index contributed by atoms with van der Waals surface area (Å²) >= 11 is 0. The molecule has 2 aromatic carbocycles. The summed E-state index contributed by atoms with van der Waals surface area (Å²) in [5.74, 6) is -0.887. The third-order valence-electron chi connectivity index (χ3n) is 12.5. The number of hydrogen-bond donors (Lipinski definition) is 2. The van der Waals surface area contributed by atoms with Crippen molar-refractivity contribution in [2.45, 2.75) is 88.6 Å². The van der Waals surface area contributed by atoms with Crippen LogP contribution in [0.5, 0.6) is 0 Å². The van der Waals surface area contributed by atoms with E-state index in [4.69, 9.17) is 5.10 Å². The van der Waals surface area contributed by atoms with Crippen LogP contribution >= 0.6 is 0 Å². The van der Waals surface area contributed by atoms with Gasteiger partial charge in [-0.15, -0.1) is 0 Å². The number of nitrogens with zero attached hydrogens (tertiary/aromatic N) is 7. The van der Waals surface area contributed by atoms with E-state index in [-0.39, 0.29) is 29.8 Å². The highest BCUT2D eigenvalue weighted by Gasteiger charge is 2.42. The largest absolute Gasteiger partial charge is 0.433 e. The van der Waals surface area contributed by atoms with Crippen molar-refractivity contribution in [1.29, 1.82) is 0 Å². The maximum Gasteiger partial charge on any atom is 0.433 e. The molecule has 5 aromatic rings. The smallest absolute Gasteiger partial charge is 0.361 e. The van der Waals surface area contributed by atoms with Crippen LogP contribution in [0.3, 0.4) is 0 Å². The summed E-state index contributed by atoms with van der Waals surface area (Å²) < 4.78 is 44.7. The number of alkyl halides is 3. The Hall–Kier alpha value is -5.51. The minimum absolute atomic E-state index is 0.202. The molecule has 2 N–H and O–H groups in total. The molecule has 4 fully saturated rings. The van der Waals surface area contributed by atoms with Crippen LogP contribution in [0.4, 0.5) is 24.5 Å². The zero-order chi connectivity index (χ0) is 39.7. The lowest BCUT2D eigenvalue weighted by atomic mass is 9.85. The molecule has 16 heteroatoms. The highest BCUT2D eigenvalue weighted by atomic mass is 19.4. The van der Waals surface area contributed by atoms with Crippen LogP contribution in [0.2, 0.25) is 0 Å². The molecule has 0 spiro atoms. The highest BCUT2D eigenvalue weighted by Crippen LogP contribution is 2.41. The average Bonchev–Trinajstić information content (AvgIpc) is 3.80. The summed E-state index contributed by atoms with van der Waals surface area (Å²) in [5, 5.41) is 10.9. The van der Waals surface area contributed by atoms with Gasteiger partial charge < -0.3 is 10.2 Å². The van der Waals surface area contributed by atoms with Crippen molar-refractivity contribution >= 4 is 51.0 Å². The Morgan fingerprint density at radius 3 is 2.37 bits per heavy atom. The standard InChI is InChI=1S/C41H44F3N9O4/c1-23-17-31-25(18-30(23)46-38(55)29-5-3-8-35(45-29)41(42,43)44)20-51(48-31)26-11-9-24(10-12-26)19-50-21-27-13-14-28(22-50)52(27)32-6-4-7-33-37(32)49(2)40(57)53(33)34-15-16-36(54)47-39(34)56/h3-8,17-18,20,24,26-28,34H,9-16,19,21-22H2,1-2H3,(H,46,55)(H,47,54,56). The molecule has 3 atom stereocenters. The number of piperazine rings is 1. The number of aryl methyl sites for hydroxylation is 2. The average molecular weight is 784 g/mol. The van der Waals surface area contributed by atoms with E-state index in [0.717, 1.165) is 91.9 Å². The number of carbonyl (C=O) groups excluding carboxylic acids is 3. The molecule has 3 amide bonds. The maximum absolute atomic E-state index is 13.6. The number of amides is 3. The lowest BCUT2D eigenvalue weighted by Crippen LogP contribution is -2.55. The number of imidazole rings is 1. The number of carbonyl (C=O) groups is 3. The van der Waals surface area contributed by atoms with Crippen LogP contribution in [-0.2, 0) is 22.8 Å². The fourth-order valence-electron chi connectivity index (χ4n) is 9.77. The Morgan fingerprint density at radius 1 is 0.930 bits per heavy atom. The van der Waals surface area contributed by atoms with Gasteiger partial charge in [0, 0.05) is 62.5 Å². The van der Waals surface area contributed by atoms with E-state index in [2.05, 4.69) is 31.5 Å². The quantitative estimate of drug-likeness (QED) is 0.200. The molecular formula is C41H44F3N9O4. The molecule has 4 aliphatic rings. The zero-order valence-electron chi connectivity index (χ0n) is 31.8. The van der Waals surface area contributed by atoms with Gasteiger partial charge in [0.1, 0.15) is 17.4 Å². The first kappa shape index (κ1) is 37.1. The van der Waals surface area contributed by atoms with Gasteiger partial charge in [0.05, 0.1) is 28.3 Å². The van der Waals surface area contributed by atoms with Crippen molar-refractivity contribution in [3.63, 3.8) is 0 Å². The van der Waals surface area contributed by atoms with Crippen LogP contribution in [0.1, 0.15) is 85.2 Å². The number of hydrogen-bond acceptors (Lipinski definition) is 8. The SMILES string of the molecule is Cc1cc2nn(C3CCC(CN4CC5CCC(C4)N5c4cccc5c4n(C)c(=O)n5C4CCC(=O)NC4=O)CC3)cc2cc1NC(=O)c1cccc(C(F)(F)F)n1. The van der Waals surface area contributed by atoms with Gasteiger partial charge in [0.25, 0.3) is 5.91 Å². The lowest BCUT2D eigenvalue weighted by Gasteiger charge is -2.44. The minimum atomic E-state index is -4.65. The Balaban J connectivity index is 0.836. The monoisotopic (exact) mass is 783 g/mol. The van der Waals surface area contributed by atoms with Gasteiger partial charge >= 0.3 is 11.9 Å². The molecule has 3 unspecified atom stereocenters. The first-order valence-electron chi connectivity index (χ1n) is 19.7. The zero-order valence-corrected chi connectivity index (χ0v) is 31.8. The van der Waals surface area contributed by atoms with Crippen LogP contribution in [0.15, 0.2) is 59.5 Å². The minimum Gasteiger partial charge on any atom is -0.361 e. The van der Waals surface area contributed by atoms with Crippen molar-refractivity contribution in [1.82, 2.24) is 34.1 Å². The van der Waals surface area contributed by atoms with Crippen molar-refractivity contribution in [3.8, 4) is 0 Å². The van der Waals surface area contributed by atoms with Gasteiger partial charge in [-0.25, -0.2) is 9.78 Å². The van der Waals surface area contributed by atoms with E-state index in [0.29, 0.717) is 35.6 Å². The number of imide groups is 1. The van der Waals surface area contributed by atoms with Gasteiger partial charge in [-0.2, -0.15) is 18.3 Å². The van der Waals surface area contributed by atoms with Gasteiger partial charge in [-0.05, 0) is 99.7 Å². The van der Waals surface area contributed by atoms with Crippen molar-refractivity contribution in [3.05, 3.63) is 82.2 Å². The van der Waals surface area contributed by atoms with Crippen molar-refractivity contribution < 1.29 is 27.6 Å². The first-order valence-corrected chi connectivity index (χ1v) is 19.7. The van der Waals surface area contributed by atoms with E-state index in [1.807, 2.05) is 42.1 Å². The normalized spacial score (nSPS) is 24.4. The summed E-state index contributed by atoms with van der Waals surface area (Å²) in [6, 6.07) is 13.1. The fraction of sp³-hybridized carbons (Fsp3) is 0.463. The molecule has 3 aromatic heterocycles. The molecule has 1 aliphatic carbocycles. The maximum atomic E-state index is 13.6. The molecule has 2 bridgehead atoms. The molecule has 298 valence electrons. The summed E-state index contributed by atoms with van der Waals surface area (Å²) in [6.07, 6.45) is 4.15. The fourth-order valence-corrected chi connectivity index (χ4v) is 9.77. The highest BCUT2D eigenvalue weighted by molar-refractivity contribution is 6.04. The molecule has 9 rings (SSSR count). The van der Waals surface area contributed by atoms with Gasteiger partial charge in [-0.3, -0.25) is 38.4 Å². The molecule has 1 saturated carbocycles. The van der Waals surface area contributed by atoms with Crippen molar-refractivity contribution in [2.75, 3.05) is 29.9 Å². The Bertz CT molecular complexity index is 2470. The van der Waals surface area contributed by atoms with Crippen LogP contribution in [0, 0.1) is 12.8 Å². The van der Waals surface area contributed by atoms with E-state index in [1.54, 1.807) is 16.2 Å². The number of nitrogens with one attached hydrogen (secondary N) is 2. The molecule has 6 heterocycles. The first-order chi connectivity index (χ1) is 27.3. The summed E-state index contributed by atoms with van der Waals surface area (Å²) in [5.41, 5.74) is 2.92. The number of pyridine rings is 1. The number of fused-ring (bicyclic) bond motifs is 4. The lowest BCUT2D eigenvalue weighted by molar-refractivity contribution is -0.141. The van der Waals surface area contributed by atoms with Crippen molar-refractivity contribution in [2.24, 2.45) is 13.0 Å². The van der Waals surface area contributed by atoms with Gasteiger partial charge in [-0.1, -0.05) is 12.1 Å². The second-order valence-corrected chi connectivity index (χ2v) is 16.2. The molecule has 13 nitrogen and oxygen atoms in total. The number of aromatic nitrogens is 5. The Labute approximate surface area is 325 Å². The third-order valence-corrected chi connectivity index (χ3v) is 12.5. The third kappa shape index (κ3) is 6.76. The van der Waals surface area contributed by atoms with E-state index < -0.39 is 29.7 Å². The molecule has 0 radical (unpaired) electrons. The van der Waals surface area contributed by atoms with E-state index in [1.165, 1.54) is 12.1 Å². The summed E-state index contributed by atoms with van der Waals surface area (Å²) in [4.78, 5) is 59.7. The Morgan fingerprint density at radius 2 is 1.65 bits per heavy atom. The predicted octanol–water partition coefficient (Wildman–Crippen LogP) is 5.73. The number of rotatable bonds is 7. The number of anilines is 2. The van der Waals surface area contributed by atoms with Crippen LogP contribution in [-0.4, -0.2) is 78.2 Å². The number of benzene rings is 2. The van der Waals surface area contributed by atoms with Crippen LogP contribution in [0.25, 0.3) is 21.9 Å². The van der Waals surface area contributed by atoms with Gasteiger partial charge in [0.2, 0.25) is 11.8 Å². The second kappa shape index (κ2) is 14.1. The molecule has 3 saturated heterocycles. The van der Waals surface area contributed by atoms with E-state index in [9.17, 15) is 32.3 Å². The molecule has 3 aliphatic heterocycles. The second-order valence-electron chi connectivity index (χ2n) is 16.2. The Kier molecular flexibility index (Phi) is 9.21. The number of halogens is 3. The summed E-state index contributed by atoms with van der Waals surface area (Å²) in [6.45, 7) is 4.75. The molecular weight excluding hydrogens is 740 g/mol. The topological polar surface area (TPSA) is 139 Å². The van der Waals surface area contributed by atoms with Crippen LogP contribution < -0.4 is 21.2 Å². The van der Waals surface area contributed by atoms with Gasteiger partial charge in [0.15, 0.2) is 0 Å². The number of para-hydroxylation sites is 1.